The van der Waals surface area contributed by atoms with E-state index in [1.807, 2.05) is 0 Å². The van der Waals surface area contributed by atoms with E-state index in [0.29, 0.717) is 51.1 Å². The molecule has 1 aromatic heterocycles. The second kappa shape index (κ2) is 8.61. The van der Waals surface area contributed by atoms with Crippen LogP contribution in [-0.4, -0.2) is 59.6 Å². The minimum Gasteiger partial charge on any atom is -0.383 e. The Morgan fingerprint density at radius 3 is 2.88 bits per heavy atom. The van der Waals surface area contributed by atoms with E-state index in [2.05, 4.69) is 10.3 Å². The van der Waals surface area contributed by atoms with Crippen LogP contribution in [0.1, 0.15) is 18.4 Å². The molecule has 0 spiro atoms. The SMILES string of the molecule is COCCN1CC(C(=O)NCCc2c[nH]c(=O)n(C)c2=O)CCC1=O. The number of rotatable bonds is 7. The Balaban J connectivity index is 1.86. The smallest absolute Gasteiger partial charge is 0.328 e. The molecule has 2 N–H and O–H groups in total. The second-order valence-corrected chi connectivity index (χ2v) is 6.09. The van der Waals surface area contributed by atoms with Crippen molar-refractivity contribution in [3.05, 3.63) is 32.6 Å². The van der Waals surface area contributed by atoms with Gasteiger partial charge in [0.1, 0.15) is 0 Å². The average Bonchev–Trinajstić information content (AvgIpc) is 2.61. The van der Waals surface area contributed by atoms with Crippen LogP contribution < -0.4 is 16.6 Å². The Kier molecular flexibility index (Phi) is 6.51. The molecule has 0 aliphatic carbocycles. The molecule has 1 atom stereocenters. The minimum atomic E-state index is -0.471. The summed E-state index contributed by atoms with van der Waals surface area (Å²) in [5.41, 5.74) is -0.407. The van der Waals surface area contributed by atoms with Crippen LogP contribution in [-0.2, 0) is 27.8 Å². The first-order valence-electron chi connectivity index (χ1n) is 8.26. The first kappa shape index (κ1) is 18.9. The summed E-state index contributed by atoms with van der Waals surface area (Å²) in [6.45, 7) is 1.60. The number of hydrogen-bond donors (Lipinski definition) is 2. The number of methoxy groups -OCH3 is 1. The average molecular weight is 352 g/mol. The maximum atomic E-state index is 12.3. The van der Waals surface area contributed by atoms with Gasteiger partial charge in [-0.2, -0.15) is 0 Å². The van der Waals surface area contributed by atoms with Gasteiger partial charge in [-0.1, -0.05) is 0 Å². The van der Waals surface area contributed by atoms with E-state index in [1.165, 1.54) is 13.2 Å². The van der Waals surface area contributed by atoms with E-state index in [1.54, 1.807) is 12.0 Å². The molecule has 2 amide bonds. The molecular weight excluding hydrogens is 328 g/mol. The number of carbonyl (C=O) groups excluding carboxylic acids is 2. The van der Waals surface area contributed by atoms with E-state index < -0.39 is 5.69 Å². The predicted molar refractivity (Wildman–Crippen MR) is 90.2 cm³/mol. The fourth-order valence-corrected chi connectivity index (χ4v) is 2.81. The molecular formula is C16H24N4O5. The number of H-pyrrole nitrogens is 1. The molecule has 25 heavy (non-hydrogen) atoms. The van der Waals surface area contributed by atoms with Gasteiger partial charge in [-0.3, -0.25) is 19.0 Å². The number of ether oxygens (including phenoxy) is 1. The molecule has 138 valence electrons. The highest BCUT2D eigenvalue weighted by molar-refractivity contribution is 5.83. The zero-order valence-corrected chi connectivity index (χ0v) is 14.5. The summed E-state index contributed by atoms with van der Waals surface area (Å²) < 4.78 is 5.98. The lowest BCUT2D eigenvalue weighted by Gasteiger charge is -2.31. The van der Waals surface area contributed by atoms with Crippen molar-refractivity contribution < 1.29 is 14.3 Å². The van der Waals surface area contributed by atoms with Crippen molar-refractivity contribution in [1.29, 1.82) is 0 Å². The van der Waals surface area contributed by atoms with Gasteiger partial charge in [0.25, 0.3) is 5.56 Å². The third-order valence-corrected chi connectivity index (χ3v) is 4.38. The second-order valence-electron chi connectivity index (χ2n) is 6.09. The Morgan fingerprint density at radius 1 is 1.40 bits per heavy atom. The summed E-state index contributed by atoms with van der Waals surface area (Å²) in [6.07, 6.45) is 2.58. The lowest BCUT2D eigenvalue weighted by molar-refractivity contribution is -0.138. The van der Waals surface area contributed by atoms with Crippen molar-refractivity contribution in [3.8, 4) is 0 Å². The highest BCUT2D eigenvalue weighted by Crippen LogP contribution is 2.17. The van der Waals surface area contributed by atoms with Crippen molar-refractivity contribution in [2.24, 2.45) is 13.0 Å². The van der Waals surface area contributed by atoms with Crippen LogP contribution in [0.2, 0.25) is 0 Å². The van der Waals surface area contributed by atoms with Gasteiger partial charge in [0.2, 0.25) is 11.8 Å². The summed E-state index contributed by atoms with van der Waals surface area (Å²) in [5, 5.41) is 2.81. The Labute approximate surface area is 145 Å². The molecule has 9 heteroatoms. The van der Waals surface area contributed by atoms with Gasteiger partial charge in [0.15, 0.2) is 0 Å². The maximum Gasteiger partial charge on any atom is 0.328 e. The number of piperidine rings is 1. The molecule has 9 nitrogen and oxygen atoms in total. The van der Waals surface area contributed by atoms with Gasteiger partial charge in [0, 0.05) is 52.0 Å². The number of nitrogens with one attached hydrogen (secondary N) is 2. The zero-order valence-electron chi connectivity index (χ0n) is 14.5. The molecule has 1 aromatic rings. The van der Waals surface area contributed by atoms with Gasteiger partial charge in [-0.05, 0) is 12.8 Å². The first-order valence-corrected chi connectivity index (χ1v) is 8.26. The highest BCUT2D eigenvalue weighted by atomic mass is 16.5. The summed E-state index contributed by atoms with van der Waals surface area (Å²) >= 11 is 0. The fraction of sp³-hybridized carbons (Fsp3) is 0.625. The third kappa shape index (κ3) is 4.79. The summed E-state index contributed by atoms with van der Waals surface area (Å²) in [6, 6.07) is 0. The minimum absolute atomic E-state index is 0.0397. The molecule has 0 radical (unpaired) electrons. The number of carbonyl (C=O) groups is 2. The number of likely N-dealkylation sites (tertiary alicyclic amines) is 1. The normalized spacial score (nSPS) is 17.6. The maximum absolute atomic E-state index is 12.3. The fourth-order valence-electron chi connectivity index (χ4n) is 2.81. The quantitative estimate of drug-likeness (QED) is 0.628. The largest absolute Gasteiger partial charge is 0.383 e. The molecule has 1 aliphatic heterocycles. The van der Waals surface area contributed by atoms with Gasteiger partial charge in [0.05, 0.1) is 12.5 Å². The molecule has 2 rings (SSSR count). The topological polar surface area (TPSA) is 114 Å². The molecule has 0 aromatic carbocycles. The van der Waals surface area contributed by atoms with Crippen molar-refractivity contribution in [1.82, 2.24) is 19.8 Å². The van der Waals surface area contributed by atoms with E-state index in [4.69, 9.17) is 4.74 Å². The number of aromatic amines is 1. The molecule has 2 heterocycles. The molecule has 1 unspecified atom stereocenters. The number of nitrogens with zero attached hydrogens (tertiary/aromatic N) is 2. The van der Waals surface area contributed by atoms with Crippen LogP contribution >= 0.6 is 0 Å². The summed E-state index contributed by atoms with van der Waals surface area (Å²) in [4.78, 5) is 51.5. The zero-order chi connectivity index (χ0) is 18.4. The van der Waals surface area contributed by atoms with Crippen LogP contribution in [0.25, 0.3) is 0 Å². The third-order valence-electron chi connectivity index (χ3n) is 4.38. The predicted octanol–water partition coefficient (Wildman–Crippen LogP) is -1.38. The van der Waals surface area contributed by atoms with Gasteiger partial charge in [-0.15, -0.1) is 0 Å². The van der Waals surface area contributed by atoms with Gasteiger partial charge < -0.3 is 19.9 Å². The molecule has 0 saturated carbocycles. The van der Waals surface area contributed by atoms with Crippen LogP contribution in [0.4, 0.5) is 0 Å². The van der Waals surface area contributed by atoms with Crippen molar-refractivity contribution in [2.45, 2.75) is 19.3 Å². The van der Waals surface area contributed by atoms with E-state index in [0.717, 1.165) is 4.57 Å². The summed E-state index contributed by atoms with van der Waals surface area (Å²) in [5.74, 6) is -0.345. The lowest BCUT2D eigenvalue weighted by atomic mass is 9.96. The molecule has 0 bridgehead atoms. The van der Waals surface area contributed by atoms with Crippen molar-refractivity contribution in [2.75, 3.05) is 33.4 Å². The van der Waals surface area contributed by atoms with Crippen molar-refractivity contribution >= 4 is 11.8 Å². The summed E-state index contributed by atoms with van der Waals surface area (Å²) in [7, 11) is 2.97. The standard InChI is InChI=1S/C16H24N4O5/c1-19-15(23)11(9-18-16(19)24)5-6-17-14(22)12-3-4-13(21)20(10-12)7-8-25-2/h9,12H,3-8,10H2,1-2H3,(H,17,22)(H,18,24). The lowest BCUT2D eigenvalue weighted by Crippen LogP contribution is -2.47. The number of hydrogen-bond acceptors (Lipinski definition) is 5. The Hall–Kier alpha value is -2.42. The first-order chi connectivity index (χ1) is 11.9. The molecule has 1 aliphatic rings. The van der Waals surface area contributed by atoms with Crippen LogP contribution in [0, 0.1) is 5.92 Å². The molecule has 1 fully saturated rings. The van der Waals surface area contributed by atoms with Gasteiger partial charge >= 0.3 is 5.69 Å². The Bertz CT molecular complexity index is 739. The highest BCUT2D eigenvalue weighted by Gasteiger charge is 2.29. The van der Waals surface area contributed by atoms with Crippen LogP contribution in [0.5, 0.6) is 0 Å². The van der Waals surface area contributed by atoms with Crippen LogP contribution in [0.15, 0.2) is 15.8 Å². The Morgan fingerprint density at radius 2 is 2.16 bits per heavy atom. The van der Waals surface area contributed by atoms with Crippen molar-refractivity contribution in [3.63, 3.8) is 0 Å². The monoisotopic (exact) mass is 352 g/mol. The van der Waals surface area contributed by atoms with E-state index in [9.17, 15) is 19.2 Å². The van der Waals surface area contributed by atoms with E-state index in [-0.39, 0.29) is 23.3 Å². The van der Waals surface area contributed by atoms with Gasteiger partial charge in [-0.25, -0.2) is 4.79 Å². The number of aromatic nitrogens is 2. The molecule has 1 saturated heterocycles. The van der Waals surface area contributed by atoms with Crippen LogP contribution in [0.3, 0.4) is 0 Å². The van der Waals surface area contributed by atoms with E-state index >= 15 is 0 Å². The number of amides is 2.